The summed E-state index contributed by atoms with van der Waals surface area (Å²) in [5.74, 6) is 1.03. The summed E-state index contributed by atoms with van der Waals surface area (Å²) in [4.78, 5) is 27.3. The second-order valence-corrected chi connectivity index (χ2v) is 6.82. The first-order valence-corrected chi connectivity index (χ1v) is 8.37. The minimum absolute atomic E-state index is 0. The number of carbonyl (C=O) groups excluding carboxylic acids is 2. The van der Waals surface area contributed by atoms with Gasteiger partial charge in [0.05, 0.1) is 19.7 Å². The number of methoxy groups -OCH3 is 1. The second-order valence-electron chi connectivity index (χ2n) is 6.82. The number of halogens is 1. The number of hydrogen-bond acceptors (Lipinski definition) is 5. The van der Waals surface area contributed by atoms with Crippen LogP contribution in [-0.2, 0) is 9.53 Å². The monoisotopic (exact) mass is 356 g/mol. The second kappa shape index (κ2) is 8.04. The fraction of sp³-hybridized carbons (Fsp3) is 0.812. The maximum absolute atomic E-state index is 12.2. The fourth-order valence-electron chi connectivity index (χ4n) is 4.28. The van der Waals surface area contributed by atoms with Crippen LogP contribution >= 0.6 is 12.4 Å². The van der Waals surface area contributed by atoms with Gasteiger partial charge in [-0.25, -0.2) is 4.79 Å². The van der Waals surface area contributed by atoms with Crippen molar-refractivity contribution in [1.29, 1.82) is 5.26 Å². The van der Waals surface area contributed by atoms with Gasteiger partial charge in [0, 0.05) is 25.7 Å². The summed E-state index contributed by atoms with van der Waals surface area (Å²) >= 11 is 0. The van der Waals surface area contributed by atoms with Crippen LogP contribution in [0.25, 0.3) is 0 Å². The highest BCUT2D eigenvalue weighted by Crippen LogP contribution is 2.38. The van der Waals surface area contributed by atoms with Crippen LogP contribution < -0.4 is 5.32 Å². The van der Waals surface area contributed by atoms with Gasteiger partial charge in [0.15, 0.2) is 0 Å². The summed E-state index contributed by atoms with van der Waals surface area (Å²) in [6, 6.07) is 2.29. The zero-order valence-electron chi connectivity index (χ0n) is 13.9. The molecule has 1 aliphatic carbocycles. The molecule has 0 aromatic carbocycles. The number of rotatable bonds is 3. The highest BCUT2D eigenvalue weighted by molar-refractivity contribution is 5.85. The van der Waals surface area contributed by atoms with Gasteiger partial charge in [0.2, 0.25) is 5.91 Å². The standard InChI is InChI=1S/C16H24N4O3.ClH/c1-23-16(22)19-9-11-5-13(6-12(11)10-19)18-8-15(21)20-4-2-3-14(20)7-17;/h11-14,18H,2-6,8-10H2,1H3;1H/t11-,12+,13?,14-;/m0./s1. The normalized spacial score (nSPS) is 31.3. The number of hydrogen-bond donors (Lipinski definition) is 1. The summed E-state index contributed by atoms with van der Waals surface area (Å²) in [5, 5.41) is 12.4. The Morgan fingerprint density at radius 3 is 2.54 bits per heavy atom. The van der Waals surface area contributed by atoms with E-state index in [1.165, 1.54) is 7.11 Å². The number of carbonyl (C=O) groups is 2. The van der Waals surface area contributed by atoms with E-state index >= 15 is 0 Å². The molecule has 7 nitrogen and oxygen atoms in total. The molecule has 2 aliphatic heterocycles. The van der Waals surface area contributed by atoms with Crippen LogP contribution in [0.1, 0.15) is 25.7 Å². The van der Waals surface area contributed by atoms with E-state index in [9.17, 15) is 9.59 Å². The Balaban J connectivity index is 0.00000208. The van der Waals surface area contributed by atoms with Crippen molar-refractivity contribution in [1.82, 2.24) is 15.1 Å². The van der Waals surface area contributed by atoms with Crippen molar-refractivity contribution >= 4 is 24.4 Å². The van der Waals surface area contributed by atoms with Crippen LogP contribution in [0.2, 0.25) is 0 Å². The quantitative estimate of drug-likeness (QED) is 0.815. The summed E-state index contributed by atoms with van der Waals surface area (Å²) in [6.07, 6.45) is 3.45. The van der Waals surface area contributed by atoms with E-state index in [0.717, 1.165) is 38.8 Å². The largest absolute Gasteiger partial charge is 0.453 e. The van der Waals surface area contributed by atoms with Crippen LogP contribution in [0.5, 0.6) is 0 Å². The Morgan fingerprint density at radius 2 is 1.96 bits per heavy atom. The third kappa shape index (κ3) is 3.76. The van der Waals surface area contributed by atoms with Gasteiger partial charge in [-0.15, -0.1) is 12.4 Å². The molecule has 0 aromatic rings. The number of amides is 2. The maximum atomic E-state index is 12.2. The van der Waals surface area contributed by atoms with E-state index in [-0.39, 0.29) is 30.4 Å². The maximum Gasteiger partial charge on any atom is 0.409 e. The van der Waals surface area contributed by atoms with E-state index in [2.05, 4.69) is 11.4 Å². The number of fused-ring (bicyclic) bond motifs is 1. The van der Waals surface area contributed by atoms with Crippen molar-refractivity contribution in [3.8, 4) is 6.07 Å². The molecule has 3 aliphatic rings. The van der Waals surface area contributed by atoms with Crippen LogP contribution in [0, 0.1) is 23.2 Å². The van der Waals surface area contributed by atoms with Crippen molar-refractivity contribution in [2.45, 2.75) is 37.8 Å². The van der Waals surface area contributed by atoms with Gasteiger partial charge >= 0.3 is 6.09 Å². The van der Waals surface area contributed by atoms with E-state index < -0.39 is 0 Å². The van der Waals surface area contributed by atoms with Crippen LogP contribution in [0.15, 0.2) is 0 Å². The smallest absolute Gasteiger partial charge is 0.409 e. The Hall–Kier alpha value is -1.52. The number of nitriles is 1. The molecule has 3 fully saturated rings. The van der Waals surface area contributed by atoms with Crippen molar-refractivity contribution < 1.29 is 14.3 Å². The number of ether oxygens (including phenoxy) is 1. The number of nitrogens with one attached hydrogen (secondary N) is 1. The van der Waals surface area contributed by atoms with E-state index in [4.69, 9.17) is 10.00 Å². The molecule has 2 amide bonds. The highest BCUT2D eigenvalue weighted by Gasteiger charge is 2.42. The van der Waals surface area contributed by atoms with Gasteiger partial charge in [0.25, 0.3) is 0 Å². The van der Waals surface area contributed by atoms with Crippen molar-refractivity contribution in [3.05, 3.63) is 0 Å². The third-order valence-electron chi connectivity index (χ3n) is 5.45. The summed E-state index contributed by atoms with van der Waals surface area (Å²) in [6.45, 7) is 2.52. The Labute approximate surface area is 148 Å². The average Bonchev–Trinajstić information content (AvgIpc) is 3.24. The topological polar surface area (TPSA) is 85.7 Å². The number of likely N-dealkylation sites (tertiary alicyclic amines) is 2. The van der Waals surface area contributed by atoms with Crippen molar-refractivity contribution in [2.75, 3.05) is 33.3 Å². The lowest BCUT2D eigenvalue weighted by molar-refractivity contribution is -0.130. The molecule has 4 atom stereocenters. The molecule has 0 spiro atoms. The molecule has 2 saturated heterocycles. The average molecular weight is 357 g/mol. The van der Waals surface area contributed by atoms with E-state index in [0.29, 0.717) is 31.0 Å². The lowest BCUT2D eigenvalue weighted by Gasteiger charge is -2.22. The van der Waals surface area contributed by atoms with Crippen LogP contribution in [0.3, 0.4) is 0 Å². The molecule has 8 heteroatoms. The lowest BCUT2D eigenvalue weighted by atomic mass is 10.0. The molecular formula is C16H25ClN4O3. The first-order chi connectivity index (χ1) is 11.1. The predicted molar refractivity (Wildman–Crippen MR) is 89.6 cm³/mol. The predicted octanol–water partition coefficient (Wildman–Crippen LogP) is 0.989. The van der Waals surface area contributed by atoms with Crippen LogP contribution in [-0.4, -0.2) is 67.2 Å². The molecule has 24 heavy (non-hydrogen) atoms. The lowest BCUT2D eigenvalue weighted by Crippen LogP contribution is -2.43. The zero-order chi connectivity index (χ0) is 16.4. The molecule has 0 aromatic heterocycles. The SMILES string of the molecule is COC(=O)N1C[C@H]2CC(NCC(=O)N3CCC[C@H]3C#N)C[C@H]2C1.Cl. The summed E-state index contributed by atoms with van der Waals surface area (Å²) < 4.78 is 4.78. The molecule has 0 bridgehead atoms. The molecule has 1 saturated carbocycles. The minimum atomic E-state index is -0.249. The minimum Gasteiger partial charge on any atom is -0.453 e. The van der Waals surface area contributed by atoms with Gasteiger partial charge in [-0.05, 0) is 37.5 Å². The molecule has 2 heterocycles. The van der Waals surface area contributed by atoms with Gasteiger partial charge in [-0.1, -0.05) is 0 Å². The molecule has 1 N–H and O–H groups in total. The van der Waals surface area contributed by atoms with Gasteiger partial charge in [0.1, 0.15) is 6.04 Å². The van der Waals surface area contributed by atoms with Crippen LogP contribution in [0.4, 0.5) is 4.79 Å². The highest BCUT2D eigenvalue weighted by atomic mass is 35.5. The molecular weight excluding hydrogens is 332 g/mol. The summed E-state index contributed by atoms with van der Waals surface area (Å²) in [5.41, 5.74) is 0. The Morgan fingerprint density at radius 1 is 1.29 bits per heavy atom. The fourth-order valence-corrected chi connectivity index (χ4v) is 4.28. The summed E-state index contributed by atoms with van der Waals surface area (Å²) in [7, 11) is 1.42. The van der Waals surface area contributed by atoms with Crippen molar-refractivity contribution in [2.24, 2.45) is 11.8 Å². The third-order valence-corrected chi connectivity index (χ3v) is 5.45. The van der Waals surface area contributed by atoms with Gasteiger partial charge < -0.3 is 19.9 Å². The Bertz CT molecular complexity index is 510. The zero-order valence-corrected chi connectivity index (χ0v) is 14.8. The van der Waals surface area contributed by atoms with Gasteiger partial charge in [-0.2, -0.15) is 5.26 Å². The molecule has 134 valence electrons. The molecule has 1 unspecified atom stereocenters. The van der Waals surface area contributed by atoms with E-state index in [1.807, 2.05) is 0 Å². The van der Waals surface area contributed by atoms with E-state index in [1.54, 1.807) is 9.80 Å². The first kappa shape index (κ1) is 18.8. The molecule has 3 rings (SSSR count). The molecule has 0 radical (unpaired) electrons. The Kier molecular flexibility index (Phi) is 6.30. The van der Waals surface area contributed by atoms with Crippen molar-refractivity contribution in [3.63, 3.8) is 0 Å². The first-order valence-electron chi connectivity index (χ1n) is 8.37. The number of nitrogens with zero attached hydrogens (tertiary/aromatic N) is 3. The van der Waals surface area contributed by atoms with Gasteiger partial charge in [-0.3, -0.25) is 4.79 Å².